The van der Waals surface area contributed by atoms with Crippen LogP contribution < -0.4 is 0 Å². The van der Waals surface area contributed by atoms with Crippen LogP contribution in [0.3, 0.4) is 0 Å². The second-order valence-corrected chi connectivity index (χ2v) is 4.50. The van der Waals surface area contributed by atoms with Crippen molar-refractivity contribution in [3.63, 3.8) is 0 Å². The van der Waals surface area contributed by atoms with Gasteiger partial charge in [0.1, 0.15) is 6.29 Å². The van der Waals surface area contributed by atoms with E-state index in [9.17, 15) is 14.4 Å². The van der Waals surface area contributed by atoms with Gasteiger partial charge in [-0.25, -0.2) is 9.59 Å². The van der Waals surface area contributed by atoms with Crippen LogP contribution in [0.4, 0.5) is 0 Å². The maximum absolute atomic E-state index is 11.7. The highest BCUT2D eigenvalue weighted by molar-refractivity contribution is 5.90. The van der Waals surface area contributed by atoms with Gasteiger partial charge in [0.05, 0.1) is 18.8 Å². The van der Waals surface area contributed by atoms with E-state index in [1.807, 2.05) is 0 Å². The zero-order chi connectivity index (χ0) is 15.7. The number of carbonyl (C=O) groups excluding carboxylic acids is 3. The lowest BCUT2D eigenvalue weighted by Crippen LogP contribution is -2.09. The van der Waals surface area contributed by atoms with Crippen molar-refractivity contribution in [2.45, 2.75) is 19.8 Å². The van der Waals surface area contributed by atoms with Crippen molar-refractivity contribution in [1.82, 2.24) is 0 Å². The highest BCUT2D eigenvalue weighted by Crippen LogP contribution is 2.05. The monoisotopic (exact) mass is 290 g/mol. The second-order valence-electron chi connectivity index (χ2n) is 4.50. The van der Waals surface area contributed by atoms with Crippen LogP contribution in [-0.4, -0.2) is 31.4 Å². The molecular weight excluding hydrogens is 272 g/mol. The minimum atomic E-state index is -0.439. The van der Waals surface area contributed by atoms with Crippen LogP contribution in [0.25, 0.3) is 0 Å². The molecule has 1 rings (SSSR count). The summed E-state index contributed by atoms with van der Waals surface area (Å²) >= 11 is 0. The molecule has 21 heavy (non-hydrogen) atoms. The molecule has 5 nitrogen and oxygen atoms in total. The van der Waals surface area contributed by atoms with Crippen LogP contribution >= 0.6 is 0 Å². The fourth-order valence-electron chi connectivity index (χ4n) is 1.44. The van der Waals surface area contributed by atoms with E-state index in [4.69, 9.17) is 9.47 Å². The van der Waals surface area contributed by atoms with E-state index in [1.165, 1.54) is 0 Å². The number of unbranched alkanes of at least 4 members (excludes halogenated alkanes) is 1. The van der Waals surface area contributed by atoms with E-state index < -0.39 is 11.9 Å². The van der Waals surface area contributed by atoms with Crippen molar-refractivity contribution in [1.29, 1.82) is 0 Å². The molecule has 0 saturated carbocycles. The molecule has 5 heteroatoms. The van der Waals surface area contributed by atoms with Crippen LogP contribution in [0.1, 0.15) is 40.5 Å². The fraction of sp³-hybridized carbons (Fsp3) is 0.312. The zero-order valence-electron chi connectivity index (χ0n) is 12.0. The maximum atomic E-state index is 11.7. The Balaban J connectivity index is 2.20. The molecule has 0 heterocycles. The Morgan fingerprint density at radius 3 is 2.19 bits per heavy atom. The Hall–Kier alpha value is -2.43. The summed E-state index contributed by atoms with van der Waals surface area (Å²) in [6.07, 6.45) is 1.92. The molecule has 0 aromatic heterocycles. The molecule has 0 N–H and O–H groups in total. The number of carbonyl (C=O) groups is 3. The van der Waals surface area contributed by atoms with Gasteiger partial charge in [-0.2, -0.15) is 0 Å². The van der Waals surface area contributed by atoms with Crippen molar-refractivity contribution < 1.29 is 23.9 Å². The van der Waals surface area contributed by atoms with Crippen LogP contribution in [0.15, 0.2) is 36.4 Å². The van der Waals surface area contributed by atoms with E-state index in [0.717, 1.165) is 0 Å². The van der Waals surface area contributed by atoms with Crippen LogP contribution in [-0.2, 0) is 14.3 Å². The molecule has 0 aliphatic carbocycles. The Bertz CT molecular complexity index is 516. The minimum absolute atomic E-state index is 0.249. The van der Waals surface area contributed by atoms with Crippen molar-refractivity contribution in [3.05, 3.63) is 47.5 Å². The normalized spacial score (nSPS) is 9.76. The lowest BCUT2D eigenvalue weighted by molar-refractivity contribution is -0.139. The van der Waals surface area contributed by atoms with Gasteiger partial charge in [0.15, 0.2) is 0 Å². The third kappa shape index (κ3) is 6.03. The molecule has 0 unspecified atom stereocenters. The molecule has 0 radical (unpaired) electrons. The maximum Gasteiger partial charge on any atom is 0.338 e. The Morgan fingerprint density at radius 2 is 1.67 bits per heavy atom. The van der Waals surface area contributed by atoms with Crippen LogP contribution in [0, 0.1) is 0 Å². The molecule has 112 valence electrons. The summed E-state index contributed by atoms with van der Waals surface area (Å²) in [5, 5.41) is 0. The molecule has 0 atom stereocenters. The van der Waals surface area contributed by atoms with E-state index in [0.29, 0.717) is 35.8 Å². The van der Waals surface area contributed by atoms with Crippen molar-refractivity contribution in [2.75, 3.05) is 13.2 Å². The highest BCUT2D eigenvalue weighted by Gasteiger charge is 2.07. The molecule has 0 saturated heterocycles. The first-order valence-electron chi connectivity index (χ1n) is 6.59. The lowest BCUT2D eigenvalue weighted by atomic mass is 10.1. The zero-order valence-corrected chi connectivity index (χ0v) is 12.0. The summed E-state index contributed by atoms with van der Waals surface area (Å²) in [5.74, 6) is -0.853. The number of benzene rings is 1. The lowest BCUT2D eigenvalue weighted by Gasteiger charge is -2.06. The molecule has 0 bridgehead atoms. The fourth-order valence-corrected chi connectivity index (χ4v) is 1.44. The van der Waals surface area contributed by atoms with E-state index in [2.05, 4.69) is 6.58 Å². The average molecular weight is 290 g/mol. The van der Waals surface area contributed by atoms with Crippen LogP contribution in [0.2, 0.25) is 0 Å². The third-order valence-corrected chi connectivity index (χ3v) is 2.64. The number of esters is 2. The van der Waals surface area contributed by atoms with Gasteiger partial charge in [0.2, 0.25) is 0 Å². The molecule has 1 aromatic carbocycles. The van der Waals surface area contributed by atoms with Gasteiger partial charge < -0.3 is 9.47 Å². The molecule has 0 fully saturated rings. The summed E-state index contributed by atoms with van der Waals surface area (Å²) in [5.41, 5.74) is 1.26. The second kappa shape index (κ2) is 8.68. The van der Waals surface area contributed by atoms with Gasteiger partial charge in [-0.3, -0.25) is 4.79 Å². The Labute approximate surface area is 123 Å². The van der Waals surface area contributed by atoms with Gasteiger partial charge in [0, 0.05) is 11.1 Å². The predicted molar refractivity (Wildman–Crippen MR) is 77.1 cm³/mol. The quantitative estimate of drug-likeness (QED) is 0.318. The van der Waals surface area contributed by atoms with Crippen molar-refractivity contribution in [2.24, 2.45) is 0 Å². The van der Waals surface area contributed by atoms with Gasteiger partial charge in [-0.15, -0.1) is 0 Å². The molecule has 0 aliphatic rings. The Kier molecular flexibility index (Phi) is 6.87. The minimum Gasteiger partial charge on any atom is -0.462 e. The van der Waals surface area contributed by atoms with Gasteiger partial charge >= 0.3 is 11.9 Å². The average Bonchev–Trinajstić information content (AvgIpc) is 2.50. The number of rotatable bonds is 8. The molecule has 0 amide bonds. The predicted octanol–water partition coefficient (Wildman–Crippen LogP) is 2.56. The SMILES string of the molecule is C=C(C)C(=O)OCCCCOC(=O)c1ccc(C=O)cc1. The van der Waals surface area contributed by atoms with E-state index >= 15 is 0 Å². The van der Waals surface area contributed by atoms with Gasteiger partial charge in [0.25, 0.3) is 0 Å². The molecule has 0 aliphatic heterocycles. The van der Waals surface area contributed by atoms with E-state index in [1.54, 1.807) is 31.2 Å². The van der Waals surface area contributed by atoms with Gasteiger partial charge in [-0.05, 0) is 31.9 Å². The first-order chi connectivity index (χ1) is 10.0. The number of aldehydes is 1. The number of hydrogen-bond acceptors (Lipinski definition) is 5. The summed E-state index contributed by atoms with van der Waals surface area (Å²) < 4.78 is 9.98. The standard InChI is InChI=1S/C16H18O5/c1-12(2)15(18)20-9-3-4-10-21-16(19)14-7-5-13(11-17)6-8-14/h5-8,11H,1,3-4,9-10H2,2H3. The van der Waals surface area contributed by atoms with Crippen molar-refractivity contribution >= 4 is 18.2 Å². The number of hydrogen-bond donors (Lipinski definition) is 0. The first-order valence-corrected chi connectivity index (χ1v) is 6.59. The summed E-state index contributed by atoms with van der Waals surface area (Å²) in [7, 11) is 0. The molecule has 0 spiro atoms. The van der Waals surface area contributed by atoms with Crippen molar-refractivity contribution in [3.8, 4) is 0 Å². The molecular formula is C16H18O5. The first kappa shape index (κ1) is 16.6. The largest absolute Gasteiger partial charge is 0.462 e. The highest BCUT2D eigenvalue weighted by atomic mass is 16.5. The van der Waals surface area contributed by atoms with Crippen LogP contribution in [0.5, 0.6) is 0 Å². The molecule has 1 aromatic rings. The summed E-state index contributed by atoms with van der Waals surface area (Å²) in [6, 6.07) is 6.20. The third-order valence-electron chi connectivity index (χ3n) is 2.64. The summed E-state index contributed by atoms with van der Waals surface area (Å²) in [4.78, 5) is 33.2. The van der Waals surface area contributed by atoms with Gasteiger partial charge in [-0.1, -0.05) is 18.7 Å². The topological polar surface area (TPSA) is 69.7 Å². The summed E-state index contributed by atoms with van der Waals surface area (Å²) in [6.45, 7) is 5.58. The number of ether oxygens (including phenoxy) is 2. The smallest absolute Gasteiger partial charge is 0.338 e. The van der Waals surface area contributed by atoms with E-state index in [-0.39, 0.29) is 13.2 Å². The Morgan fingerprint density at radius 1 is 1.10 bits per heavy atom.